The van der Waals surface area contributed by atoms with E-state index in [1.165, 1.54) is 31.4 Å². The molecule has 0 saturated heterocycles. The van der Waals surface area contributed by atoms with Crippen LogP contribution in [0.3, 0.4) is 0 Å². The molecule has 3 aromatic carbocycles. The van der Waals surface area contributed by atoms with E-state index in [1.807, 2.05) is 0 Å². The highest BCUT2D eigenvalue weighted by atomic mass is 32.2. The highest BCUT2D eigenvalue weighted by molar-refractivity contribution is 8.17. The van der Waals surface area contributed by atoms with Gasteiger partial charge in [0.15, 0.2) is 0 Å². The lowest BCUT2D eigenvalue weighted by molar-refractivity contribution is 1.29. The Balaban J connectivity index is 2.10. The standard InChI is InChI=1S/C21H22S/c1-16-4-10-19(11-5-16)22(20-12-6-17(2)7-13-20)21-14-8-18(3)9-15-21/h4-15,22H,1-3H3. The van der Waals surface area contributed by atoms with Crippen molar-refractivity contribution >= 4 is 10.9 Å². The molecule has 0 heterocycles. The molecule has 0 N–H and O–H groups in total. The smallest absolute Gasteiger partial charge is 0.00450 e. The van der Waals surface area contributed by atoms with Gasteiger partial charge >= 0.3 is 0 Å². The maximum absolute atomic E-state index is 2.28. The van der Waals surface area contributed by atoms with Crippen LogP contribution in [0.25, 0.3) is 0 Å². The van der Waals surface area contributed by atoms with Crippen LogP contribution in [0.15, 0.2) is 87.5 Å². The van der Waals surface area contributed by atoms with Crippen molar-refractivity contribution in [1.82, 2.24) is 0 Å². The molecule has 0 radical (unpaired) electrons. The number of rotatable bonds is 3. The van der Waals surface area contributed by atoms with Crippen LogP contribution in [0.1, 0.15) is 16.7 Å². The summed E-state index contributed by atoms with van der Waals surface area (Å²) in [6.07, 6.45) is 0. The Morgan fingerprint density at radius 2 is 0.636 bits per heavy atom. The van der Waals surface area contributed by atoms with Gasteiger partial charge in [0, 0.05) is 0 Å². The first-order valence-electron chi connectivity index (χ1n) is 7.63. The fraction of sp³-hybridized carbons (Fsp3) is 0.143. The summed E-state index contributed by atoms with van der Waals surface area (Å²) in [6.45, 7) is 6.43. The average Bonchev–Trinajstić information content (AvgIpc) is 2.53. The van der Waals surface area contributed by atoms with Gasteiger partial charge in [0.1, 0.15) is 0 Å². The summed E-state index contributed by atoms with van der Waals surface area (Å²) < 4.78 is 0. The summed E-state index contributed by atoms with van der Waals surface area (Å²) in [4.78, 5) is 4.23. The Hall–Kier alpha value is -1.99. The first-order chi connectivity index (χ1) is 10.6. The molecule has 0 amide bonds. The molecule has 22 heavy (non-hydrogen) atoms. The zero-order valence-corrected chi connectivity index (χ0v) is 14.3. The molecule has 0 aliphatic rings. The lowest BCUT2D eigenvalue weighted by Crippen LogP contribution is -1.89. The van der Waals surface area contributed by atoms with E-state index in [0.717, 1.165) is 0 Å². The average molecular weight is 306 g/mol. The molecule has 0 atom stereocenters. The van der Waals surface area contributed by atoms with Crippen molar-refractivity contribution in [2.75, 3.05) is 0 Å². The van der Waals surface area contributed by atoms with E-state index in [2.05, 4.69) is 93.6 Å². The summed E-state index contributed by atoms with van der Waals surface area (Å²) >= 11 is 0. The second-order valence-electron chi connectivity index (χ2n) is 5.84. The second-order valence-corrected chi connectivity index (χ2v) is 8.06. The van der Waals surface area contributed by atoms with E-state index >= 15 is 0 Å². The van der Waals surface area contributed by atoms with Gasteiger partial charge in [0.05, 0.1) is 0 Å². The van der Waals surface area contributed by atoms with Crippen molar-refractivity contribution in [3.63, 3.8) is 0 Å². The molecular weight excluding hydrogens is 284 g/mol. The first kappa shape index (κ1) is 14.9. The number of aryl methyl sites for hydroxylation is 3. The van der Waals surface area contributed by atoms with E-state index in [0.29, 0.717) is 0 Å². The molecule has 0 fully saturated rings. The number of benzene rings is 3. The SMILES string of the molecule is Cc1ccc([SH](c2ccc(C)cc2)c2ccc(C)cc2)cc1. The quantitative estimate of drug-likeness (QED) is 0.556. The summed E-state index contributed by atoms with van der Waals surface area (Å²) in [5.74, 6) is 0. The lowest BCUT2D eigenvalue weighted by atomic mass is 10.2. The maximum Gasteiger partial charge on any atom is -0.00450 e. The van der Waals surface area contributed by atoms with Crippen LogP contribution < -0.4 is 0 Å². The van der Waals surface area contributed by atoms with Gasteiger partial charge < -0.3 is 0 Å². The molecule has 112 valence electrons. The number of hydrogen-bond acceptors (Lipinski definition) is 0. The van der Waals surface area contributed by atoms with Crippen molar-refractivity contribution in [1.29, 1.82) is 0 Å². The fourth-order valence-corrected chi connectivity index (χ4v) is 4.76. The third-order valence-electron chi connectivity index (χ3n) is 3.88. The summed E-state index contributed by atoms with van der Waals surface area (Å²) in [7, 11) is -0.483. The van der Waals surface area contributed by atoms with Gasteiger partial charge in [-0.3, -0.25) is 0 Å². The Morgan fingerprint density at radius 3 is 0.864 bits per heavy atom. The number of thiol groups is 1. The second kappa shape index (κ2) is 6.41. The first-order valence-corrected chi connectivity index (χ1v) is 8.98. The van der Waals surface area contributed by atoms with Crippen molar-refractivity contribution in [2.24, 2.45) is 0 Å². The predicted molar refractivity (Wildman–Crippen MR) is 97.3 cm³/mol. The van der Waals surface area contributed by atoms with Gasteiger partial charge in [-0.1, -0.05) is 53.1 Å². The fourth-order valence-electron chi connectivity index (χ4n) is 2.53. The number of hydrogen-bond donors (Lipinski definition) is 1. The van der Waals surface area contributed by atoms with Crippen LogP contribution in [0.5, 0.6) is 0 Å². The maximum atomic E-state index is 2.28. The predicted octanol–water partition coefficient (Wildman–Crippen LogP) is 6.09. The monoisotopic (exact) mass is 306 g/mol. The molecule has 3 rings (SSSR count). The molecule has 0 aromatic heterocycles. The van der Waals surface area contributed by atoms with E-state index in [4.69, 9.17) is 0 Å². The summed E-state index contributed by atoms with van der Waals surface area (Å²) in [6, 6.07) is 27.0. The Labute approximate surface area is 136 Å². The third-order valence-corrected chi connectivity index (χ3v) is 6.32. The van der Waals surface area contributed by atoms with Gasteiger partial charge in [-0.2, -0.15) is 10.9 Å². The molecular formula is C21H22S. The Bertz CT molecular complexity index is 629. The molecule has 0 aliphatic carbocycles. The molecule has 1 heteroatoms. The van der Waals surface area contributed by atoms with Crippen LogP contribution in [-0.4, -0.2) is 0 Å². The van der Waals surface area contributed by atoms with Gasteiger partial charge in [0.25, 0.3) is 0 Å². The molecule has 0 aliphatic heterocycles. The van der Waals surface area contributed by atoms with Crippen LogP contribution >= 0.6 is 10.9 Å². The Morgan fingerprint density at radius 1 is 0.409 bits per heavy atom. The molecule has 0 unspecified atom stereocenters. The molecule has 0 nitrogen and oxygen atoms in total. The van der Waals surface area contributed by atoms with Gasteiger partial charge in [-0.05, 0) is 71.9 Å². The zero-order valence-electron chi connectivity index (χ0n) is 13.4. The normalized spacial score (nSPS) is 11.3. The van der Waals surface area contributed by atoms with Crippen LogP contribution in [-0.2, 0) is 0 Å². The van der Waals surface area contributed by atoms with Gasteiger partial charge in [0.2, 0.25) is 0 Å². The topological polar surface area (TPSA) is 0 Å². The molecule has 0 bridgehead atoms. The highest BCUT2D eigenvalue weighted by Crippen LogP contribution is 2.51. The minimum atomic E-state index is -0.483. The van der Waals surface area contributed by atoms with Crippen LogP contribution in [0.2, 0.25) is 0 Å². The zero-order chi connectivity index (χ0) is 15.5. The molecule has 0 saturated carbocycles. The minimum absolute atomic E-state index is 0.483. The summed E-state index contributed by atoms with van der Waals surface area (Å²) in [5, 5.41) is 0. The minimum Gasteiger partial charge on any atom is -0.173 e. The highest BCUT2D eigenvalue weighted by Gasteiger charge is 2.12. The third kappa shape index (κ3) is 3.26. The van der Waals surface area contributed by atoms with Crippen LogP contribution in [0, 0.1) is 20.8 Å². The van der Waals surface area contributed by atoms with E-state index in [1.54, 1.807) is 0 Å². The largest absolute Gasteiger partial charge is 0.173 e. The Kier molecular flexibility index (Phi) is 4.35. The van der Waals surface area contributed by atoms with Crippen molar-refractivity contribution < 1.29 is 0 Å². The summed E-state index contributed by atoms with van der Waals surface area (Å²) in [5.41, 5.74) is 3.93. The van der Waals surface area contributed by atoms with Crippen LogP contribution in [0.4, 0.5) is 0 Å². The van der Waals surface area contributed by atoms with Gasteiger partial charge in [-0.25, -0.2) is 0 Å². The van der Waals surface area contributed by atoms with E-state index < -0.39 is 10.9 Å². The lowest BCUT2D eigenvalue weighted by Gasteiger charge is -2.24. The van der Waals surface area contributed by atoms with E-state index in [9.17, 15) is 0 Å². The molecule has 0 spiro atoms. The van der Waals surface area contributed by atoms with Gasteiger partial charge in [-0.15, -0.1) is 0 Å². The van der Waals surface area contributed by atoms with Crippen molar-refractivity contribution in [3.8, 4) is 0 Å². The van der Waals surface area contributed by atoms with E-state index in [-0.39, 0.29) is 0 Å². The van der Waals surface area contributed by atoms with Crippen molar-refractivity contribution in [2.45, 2.75) is 35.5 Å². The van der Waals surface area contributed by atoms with Crippen molar-refractivity contribution in [3.05, 3.63) is 89.5 Å². The molecule has 3 aromatic rings.